The second kappa shape index (κ2) is 13.3. The molecule has 3 aromatic rings. The second-order valence-electron chi connectivity index (χ2n) is 12.8. The third-order valence-electron chi connectivity index (χ3n) is 9.05. The van der Waals surface area contributed by atoms with Crippen LogP contribution in [0.2, 0.25) is 0 Å². The standard InChI is InChI=1S/C35H42N4O7S/c1-20-21(2)31(22(3)23-16-17-35(4,5)46-30(20)23)47(43,44)39-33(36)37-18-10-15-29(32(40)41)38-34(42)45-19-28-26-13-8-6-11-24(26)25-12-7-9-14-27(25)28/h6-9,11-14,28-29H,10,15-19H2,1-5H3,(H,38,42)(H,40,41)(H3,36,37,39)/t29-/m1/s1. The predicted octanol–water partition coefficient (Wildman–Crippen LogP) is 5.08. The molecule has 250 valence electrons. The first-order valence-electron chi connectivity index (χ1n) is 15.7. The molecule has 11 nitrogen and oxygen atoms in total. The van der Waals surface area contributed by atoms with Crippen molar-refractivity contribution < 1.29 is 32.6 Å². The van der Waals surface area contributed by atoms with Crippen LogP contribution in [0.1, 0.15) is 72.4 Å². The van der Waals surface area contributed by atoms with Gasteiger partial charge in [-0.2, -0.15) is 8.42 Å². The minimum absolute atomic E-state index is 0.0468. The lowest BCUT2D eigenvalue weighted by Crippen LogP contribution is -2.42. The number of carboxylic acid groups (broad SMARTS) is 1. The number of hydrogen-bond donors (Lipinski definition) is 4. The van der Waals surface area contributed by atoms with Crippen LogP contribution in [0.5, 0.6) is 5.75 Å². The molecule has 1 heterocycles. The van der Waals surface area contributed by atoms with Crippen LogP contribution < -0.4 is 21.1 Å². The summed E-state index contributed by atoms with van der Waals surface area (Å²) in [5.41, 5.74) is 12.7. The number of guanidine groups is 1. The van der Waals surface area contributed by atoms with Gasteiger partial charge >= 0.3 is 12.1 Å². The summed E-state index contributed by atoms with van der Waals surface area (Å²) in [5.74, 6) is -0.959. The van der Waals surface area contributed by atoms with Crippen LogP contribution >= 0.6 is 0 Å². The van der Waals surface area contributed by atoms with Gasteiger partial charge in [0, 0.05) is 12.5 Å². The number of rotatable bonds is 10. The summed E-state index contributed by atoms with van der Waals surface area (Å²) in [6, 6.07) is 14.6. The Hall–Kier alpha value is -4.58. The van der Waals surface area contributed by atoms with Crippen LogP contribution in [0.3, 0.4) is 0 Å². The summed E-state index contributed by atoms with van der Waals surface area (Å²) in [6.07, 6.45) is 0.901. The first kappa shape index (κ1) is 33.8. The van der Waals surface area contributed by atoms with Crippen molar-refractivity contribution >= 4 is 28.0 Å². The summed E-state index contributed by atoms with van der Waals surface area (Å²) in [6.45, 7) is 9.54. The van der Waals surface area contributed by atoms with Crippen LogP contribution in [0.15, 0.2) is 57.8 Å². The third-order valence-corrected chi connectivity index (χ3v) is 10.6. The number of ether oxygens (including phenoxy) is 2. The topological polar surface area (TPSA) is 169 Å². The molecule has 1 amide bonds. The van der Waals surface area contributed by atoms with Crippen molar-refractivity contribution in [2.45, 2.75) is 82.8 Å². The zero-order chi connectivity index (χ0) is 34.1. The molecule has 1 aliphatic heterocycles. The van der Waals surface area contributed by atoms with Gasteiger partial charge in [-0.05, 0) is 105 Å². The molecule has 0 fully saturated rings. The van der Waals surface area contributed by atoms with Crippen molar-refractivity contribution in [1.29, 1.82) is 0 Å². The first-order chi connectivity index (χ1) is 22.2. The molecule has 0 aromatic heterocycles. The molecule has 0 saturated carbocycles. The maximum atomic E-state index is 13.4. The number of sulfonamides is 1. The van der Waals surface area contributed by atoms with Gasteiger partial charge in [0.05, 0.1) is 4.90 Å². The zero-order valence-corrected chi connectivity index (χ0v) is 28.2. The predicted molar refractivity (Wildman–Crippen MR) is 179 cm³/mol. The highest BCUT2D eigenvalue weighted by atomic mass is 32.2. The molecule has 12 heteroatoms. The highest BCUT2D eigenvalue weighted by molar-refractivity contribution is 7.90. The van der Waals surface area contributed by atoms with Crippen molar-refractivity contribution in [3.05, 3.63) is 81.9 Å². The van der Waals surface area contributed by atoms with Crippen molar-refractivity contribution in [2.24, 2.45) is 10.1 Å². The van der Waals surface area contributed by atoms with Gasteiger partial charge in [-0.15, -0.1) is 4.40 Å². The molecule has 0 saturated heterocycles. The normalized spacial score (nSPS) is 15.9. The largest absolute Gasteiger partial charge is 0.487 e. The lowest BCUT2D eigenvalue weighted by atomic mass is 9.88. The Morgan fingerprint density at radius 3 is 2.28 bits per heavy atom. The molecule has 1 aliphatic carbocycles. The Bertz CT molecular complexity index is 1810. The number of carbonyl (C=O) groups excluding carboxylic acids is 1. The molecule has 0 radical (unpaired) electrons. The average molecular weight is 663 g/mol. The van der Waals surface area contributed by atoms with E-state index in [9.17, 15) is 23.1 Å². The molecule has 2 aliphatic rings. The van der Waals surface area contributed by atoms with Crippen LogP contribution in [0, 0.1) is 20.8 Å². The fourth-order valence-electron chi connectivity index (χ4n) is 6.50. The van der Waals surface area contributed by atoms with E-state index in [0.29, 0.717) is 17.5 Å². The summed E-state index contributed by atoms with van der Waals surface area (Å²) in [4.78, 5) is 24.7. The number of alkyl carbamates (subject to hydrolysis) is 1. The Morgan fingerprint density at radius 1 is 1.04 bits per heavy atom. The quantitative estimate of drug-likeness (QED) is 0.131. The van der Waals surface area contributed by atoms with Crippen molar-refractivity contribution in [2.75, 3.05) is 13.2 Å². The second-order valence-corrected chi connectivity index (χ2v) is 14.3. The summed E-state index contributed by atoms with van der Waals surface area (Å²) < 4.78 is 42.3. The molecule has 0 bridgehead atoms. The number of nitrogens with two attached hydrogens (primary N) is 1. The number of aliphatic carboxylic acids is 1. The number of carbonyl (C=O) groups is 2. The van der Waals surface area contributed by atoms with Gasteiger partial charge in [-0.1, -0.05) is 48.5 Å². The van der Waals surface area contributed by atoms with E-state index < -0.39 is 28.1 Å². The monoisotopic (exact) mass is 662 g/mol. The van der Waals surface area contributed by atoms with E-state index in [2.05, 4.69) is 15.0 Å². The summed E-state index contributed by atoms with van der Waals surface area (Å²) in [5, 5.41) is 14.9. The number of nitrogens with one attached hydrogen (secondary N) is 2. The van der Waals surface area contributed by atoms with E-state index in [-0.39, 0.29) is 48.4 Å². The Labute approximate surface area is 275 Å². The van der Waals surface area contributed by atoms with Gasteiger partial charge in [-0.25, -0.2) is 9.59 Å². The minimum Gasteiger partial charge on any atom is -0.487 e. The lowest BCUT2D eigenvalue weighted by molar-refractivity contribution is -0.139. The SMILES string of the molecule is Cc1c(C)c(S(=O)(=O)/N=C(\N)NCCC[C@@H](NC(=O)OCC2c3ccccc3-c3ccccc32)C(=O)O)c(C)c2c1OC(C)(C)CC2. The van der Waals surface area contributed by atoms with Crippen LogP contribution in [0.4, 0.5) is 4.79 Å². The molecule has 1 atom stereocenters. The average Bonchev–Trinajstić information content (AvgIpc) is 3.33. The summed E-state index contributed by atoms with van der Waals surface area (Å²) >= 11 is 0. The highest BCUT2D eigenvalue weighted by Crippen LogP contribution is 2.45. The lowest BCUT2D eigenvalue weighted by Gasteiger charge is -2.35. The van der Waals surface area contributed by atoms with Crippen LogP contribution in [-0.4, -0.2) is 56.3 Å². The van der Waals surface area contributed by atoms with Crippen molar-refractivity contribution in [1.82, 2.24) is 10.6 Å². The van der Waals surface area contributed by atoms with Crippen LogP contribution in [-0.2, 0) is 26.0 Å². The highest BCUT2D eigenvalue weighted by Gasteiger charge is 2.34. The molecule has 0 spiro atoms. The fraction of sp³-hybridized carbons (Fsp3) is 0.400. The van der Waals surface area contributed by atoms with Gasteiger partial charge in [0.15, 0.2) is 0 Å². The van der Waals surface area contributed by atoms with Crippen molar-refractivity contribution in [3.8, 4) is 16.9 Å². The molecule has 47 heavy (non-hydrogen) atoms. The third kappa shape index (κ3) is 7.07. The summed E-state index contributed by atoms with van der Waals surface area (Å²) in [7, 11) is -4.16. The number of fused-ring (bicyclic) bond motifs is 4. The number of amides is 1. The van der Waals surface area contributed by atoms with Gasteiger partial charge in [-0.3, -0.25) is 0 Å². The molecular formula is C35H42N4O7S. The number of hydrogen-bond acceptors (Lipinski definition) is 6. The van der Waals surface area contributed by atoms with Gasteiger partial charge in [0.1, 0.15) is 24.0 Å². The number of nitrogens with zero attached hydrogens (tertiary/aromatic N) is 1. The Kier molecular flexibility index (Phi) is 9.53. The van der Waals surface area contributed by atoms with E-state index in [1.807, 2.05) is 69.3 Å². The van der Waals surface area contributed by atoms with E-state index in [1.54, 1.807) is 13.8 Å². The fourth-order valence-corrected chi connectivity index (χ4v) is 7.97. The minimum atomic E-state index is -4.16. The Morgan fingerprint density at radius 2 is 1.66 bits per heavy atom. The molecule has 5 N–H and O–H groups in total. The van der Waals surface area contributed by atoms with E-state index in [4.69, 9.17) is 15.2 Å². The first-order valence-corrected chi connectivity index (χ1v) is 17.1. The van der Waals surface area contributed by atoms with Crippen LogP contribution in [0.25, 0.3) is 11.1 Å². The van der Waals surface area contributed by atoms with Gasteiger partial charge < -0.3 is 30.9 Å². The maximum absolute atomic E-state index is 13.4. The van der Waals surface area contributed by atoms with Gasteiger partial charge in [0.2, 0.25) is 5.96 Å². The van der Waals surface area contributed by atoms with Gasteiger partial charge in [0.25, 0.3) is 10.0 Å². The zero-order valence-electron chi connectivity index (χ0n) is 27.3. The van der Waals surface area contributed by atoms with E-state index in [1.165, 1.54) is 0 Å². The smallest absolute Gasteiger partial charge is 0.407 e. The molecule has 5 rings (SSSR count). The number of carboxylic acids is 1. The van der Waals surface area contributed by atoms with Crippen molar-refractivity contribution in [3.63, 3.8) is 0 Å². The Balaban J connectivity index is 1.16. The van der Waals surface area contributed by atoms with E-state index in [0.717, 1.165) is 45.6 Å². The molecule has 3 aromatic carbocycles. The number of benzene rings is 3. The maximum Gasteiger partial charge on any atom is 0.407 e. The molecular weight excluding hydrogens is 620 g/mol. The molecule has 0 unspecified atom stereocenters. The van der Waals surface area contributed by atoms with E-state index >= 15 is 0 Å².